The average Bonchev–Trinajstić information content (AvgIpc) is 3.51. The van der Waals surface area contributed by atoms with Gasteiger partial charge in [0.15, 0.2) is 11.3 Å². The van der Waals surface area contributed by atoms with E-state index in [-0.39, 0.29) is 16.9 Å². The van der Waals surface area contributed by atoms with Gasteiger partial charge in [-0.1, -0.05) is 32.8 Å². The van der Waals surface area contributed by atoms with Gasteiger partial charge in [0.05, 0.1) is 7.11 Å². The zero-order chi connectivity index (χ0) is 29.1. The Kier molecular flexibility index (Phi) is 10.8. The first-order chi connectivity index (χ1) is 19.3. The molecule has 7 heteroatoms. The summed E-state index contributed by atoms with van der Waals surface area (Å²) in [6.45, 7) is 10.2. The lowest BCUT2D eigenvalue weighted by Gasteiger charge is -2.25. The Labute approximate surface area is 242 Å². The first-order valence-corrected chi connectivity index (χ1v) is 14.4. The molecule has 0 N–H and O–H groups in total. The van der Waals surface area contributed by atoms with E-state index in [0.717, 1.165) is 34.2 Å². The lowest BCUT2D eigenvalue weighted by atomic mass is 9.94. The van der Waals surface area contributed by atoms with E-state index in [1.807, 2.05) is 50.3 Å². The number of benzene rings is 1. The maximum atomic E-state index is 9.73. The fourth-order valence-corrected chi connectivity index (χ4v) is 5.29. The minimum Gasteiger partial charge on any atom is -0.496 e. The Morgan fingerprint density at radius 1 is 0.950 bits per heavy atom. The second-order valence-corrected chi connectivity index (χ2v) is 11.1. The normalized spacial score (nSPS) is 14.2. The van der Waals surface area contributed by atoms with E-state index >= 15 is 0 Å². The van der Waals surface area contributed by atoms with Crippen molar-refractivity contribution < 1.29 is 9.47 Å². The van der Waals surface area contributed by atoms with Crippen LogP contribution in [-0.4, -0.2) is 25.8 Å². The maximum Gasteiger partial charge on any atom is 0.172 e. The highest BCUT2D eigenvalue weighted by Gasteiger charge is 2.38. The van der Waals surface area contributed by atoms with Gasteiger partial charge in [-0.3, -0.25) is 0 Å². The summed E-state index contributed by atoms with van der Waals surface area (Å²) in [5.41, 5.74) is 2.03. The Hall–Kier alpha value is -4.25. The molecular formula is C33H36N4O2S. The van der Waals surface area contributed by atoms with Gasteiger partial charge in [-0.25, -0.2) is 0 Å². The van der Waals surface area contributed by atoms with Gasteiger partial charge in [-0.15, -0.1) is 11.3 Å². The van der Waals surface area contributed by atoms with Crippen molar-refractivity contribution in [2.75, 3.05) is 25.1 Å². The summed E-state index contributed by atoms with van der Waals surface area (Å²) in [4.78, 5) is 4.53. The SMILES string of the molecule is CCCCN(CCCC)c1ccc(/C=C/c2ccc(/C=C/C3=C(C#N)C(=C(C#N)C#N)OC3(C)C)s2)c(OC)c1. The second kappa shape index (κ2) is 14.2. The van der Waals surface area contributed by atoms with Crippen molar-refractivity contribution >= 4 is 35.3 Å². The summed E-state index contributed by atoms with van der Waals surface area (Å²) in [5.74, 6) is 0.895. The van der Waals surface area contributed by atoms with Crippen LogP contribution >= 0.6 is 11.3 Å². The molecule has 2 heterocycles. The predicted octanol–water partition coefficient (Wildman–Crippen LogP) is 8.28. The Morgan fingerprint density at radius 3 is 2.12 bits per heavy atom. The number of unbranched alkanes of at least 4 members (excludes halogenated alkanes) is 2. The van der Waals surface area contributed by atoms with E-state index < -0.39 is 5.60 Å². The summed E-state index contributed by atoms with van der Waals surface area (Å²) in [7, 11) is 1.71. The summed E-state index contributed by atoms with van der Waals surface area (Å²) in [6.07, 6.45) is 12.6. The van der Waals surface area contributed by atoms with Crippen molar-refractivity contribution in [3.05, 3.63) is 74.2 Å². The lowest BCUT2D eigenvalue weighted by Crippen LogP contribution is -2.25. The van der Waals surface area contributed by atoms with Crippen LogP contribution in [0.2, 0.25) is 0 Å². The highest BCUT2D eigenvalue weighted by atomic mass is 32.1. The number of nitrogens with zero attached hydrogens (tertiary/aromatic N) is 4. The maximum absolute atomic E-state index is 9.73. The molecule has 1 aromatic carbocycles. The highest BCUT2D eigenvalue weighted by molar-refractivity contribution is 7.13. The Morgan fingerprint density at radius 2 is 1.57 bits per heavy atom. The fourth-order valence-electron chi connectivity index (χ4n) is 4.47. The molecule has 206 valence electrons. The Balaban J connectivity index is 1.82. The van der Waals surface area contributed by atoms with E-state index in [1.54, 1.807) is 18.4 Å². The summed E-state index contributed by atoms with van der Waals surface area (Å²) >= 11 is 1.61. The van der Waals surface area contributed by atoms with Crippen molar-refractivity contribution in [3.63, 3.8) is 0 Å². The van der Waals surface area contributed by atoms with Crippen LogP contribution in [0.3, 0.4) is 0 Å². The molecule has 1 aromatic heterocycles. The quantitative estimate of drug-likeness (QED) is 0.246. The molecule has 0 aliphatic carbocycles. The van der Waals surface area contributed by atoms with E-state index in [1.165, 1.54) is 31.4 Å². The number of anilines is 1. The third-order valence-electron chi connectivity index (χ3n) is 6.70. The van der Waals surface area contributed by atoms with Crippen molar-refractivity contribution in [1.82, 2.24) is 0 Å². The molecule has 0 fully saturated rings. The number of hydrogen-bond acceptors (Lipinski definition) is 7. The number of nitriles is 3. The molecule has 6 nitrogen and oxygen atoms in total. The number of ether oxygens (including phenoxy) is 2. The number of allylic oxidation sites excluding steroid dienone is 2. The predicted molar refractivity (Wildman–Crippen MR) is 163 cm³/mol. The monoisotopic (exact) mass is 552 g/mol. The molecule has 0 saturated heterocycles. The van der Waals surface area contributed by atoms with Crippen LogP contribution in [0.5, 0.6) is 5.75 Å². The molecule has 0 bridgehead atoms. The molecule has 0 atom stereocenters. The van der Waals surface area contributed by atoms with Crippen LogP contribution in [0.15, 0.2) is 58.9 Å². The zero-order valence-electron chi connectivity index (χ0n) is 24.0. The van der Waals surface area contributed by atoms with Gasteiger partial charge >= 0.3 is 0 Å². The number of methoxy groups -OCH3 is 1. The summed E-state index contributed by atoms with van der Waals surface area (Å²) in [5, 5.41) is 28.2. The first kappa shape index (κ1) is 30.3. The molecule has 3 rings (SSSR count). The van der Waals surface area contributed by atoms with Crippen LogP contribution in [0.1, 0.15) is 68.7 Å². The van der Waals surface area contributed by atoms with E-state index in [0.29, 0.717) is 5.57 Å². The summed E-state index contributed by atoms with van der Waals surface area (Å²) in [6, 6.07) is 16.2. The van der Waals surface area contributed by atoms with Gasteiger partial charge in [-0.2, -0.15) is 15.8 Å². The lowest BCUT2D eigenvalue weighted by molar-refractivity contribution is 0.0954. The van der Waals surface area contributed by atoms with Gasteiger partial charge in [-0.05, 0) is 69.2 Å². The van der Waals surface area contributed by atoms with Gasteiger partial charge in [0.2, 0.25) is 0 Å². The van der Waals surface area contributed by atoms with Crippen molar-refractivity contribution in [3.8, 4) is 24.0 Å². The molecule has 0 saturated carbocycles. The largest absolute Gasteiger partial charge is 0.496 e. The third-order valence-corrected chi connectivity index (χ3v) is 7.71. The molecule has 1 aliphatic heterocycles. The zero-order valence-corrected chi connectivity index (χ0v) is 24.8. The number of thiophene rings is 1. The van der Waals surface area contributed by atoms with Crippen molar-refractivity contribution in [2.24, 2.45) is 0 Å². The number of rotatable bonds is 12. The topological polar surface area (TPSA) is 93.1 Å². The Bertz CT molecular complexity index is 1430. The smallest absolute Gasteiger partial charge is 0.172 e. The molecule has 0 unspecified atom stereocenters. The highest BCUT2D eigenvalue weighted by Crippen LogP contribution is 2.40. The van der Waals surface area contributed by atoms with Gasteiger partial charge in [0.25, 0.3) is 0 Å². The standard InChI is InChI=1S/C33H36N4O2S/c1-6-8-18-37(19-9-7-2)26-12-10-24(31(20-26)38-5)11-13-27-14-15-28(40-27)16-17-30-29(23-36)32(25(21-34)22-35)39-33(30,3)4/h10-17,20H,6-9,18-19H2,1-5H3/b13-11+,17-16+. The van der Waals surface area contributed by atoms with E-state index in [9.17, 15) is 15.8 Å². The van der Waals surface area contributed by atoms with Gasteiger partial charge in [0, 0.05) is 45.7 Å². The van der Waals surface area contributed by atoms with E-state index in [4.69, 9.17) is 9.47 Å². The van der Waals surface area contributed by atoms with Gasteiger partial charge < -0.3 is 14.4 Å². The molecule has 0 radical (unpaired) electrons. The molecule has 0 amide bonds. The van der Waals surface area contributed by atoms with Crippen molar-refractivity contribution in [1.29, 1.82) is 15.8 Å². The van der Waals surface area contributed by atoms with E-state index in [2.05, 4.69) is 55.2 Å². The first-order valence-electron chi connectivity index (χ1n) is 13.6. The van der Waals surface area contributed by atoms with Gasteiger partial charge in [0.1, 0.15) is 35.1 Å². The summed E-state index contributed by atoms with van der Waals surface area (Å²) < 4.78 is 11.6. The number of hydrogen-bond donors (Lipinski definition) is 0. The molecule has 40 heavy (non-hydrogen) atoms. The molecule has 1 aliphatic rings. The van der Waals surface area contributed by atoms with Crippen LogP contribution in [-0.2, 0) is 4.74 Å². The minimum atomic E-state index is -0.832. The van der Waals surface area contributed by atoms with Crippen molar-refractivity contribution in [2.45, 2.75) is 59.0 Å². The second-order valence-electron chi connectivity index (χ2n) is 9.97. The molecular weight excluding hydrogens is 516 g/mol. The van der Waals surface area contributed by atoms with Crippen LogP contribution in [0.4, 0.5) is 5.69 Å². The molecule has 0 spiro atoms. The third kappa shape index (κ3) is 7.23. The minimum absolute atomic E-state index is 0.0470. The van der Waals surface area contributed by atoms with Crippen LogP contribution < -0.4 is 9.64 Å². The van der Waals surface area contributed by atoms with Crippen LogP contribution in [0, 0.1) is 34.0 Å². The average molecular weight is 553 g/mol. The van der Waals surface area contributed by atoms with Crippen LogP contribution in [0.25, 0.3) is 18.2 Å². The molecule has 2 aromatic rings. The fraction of sp³-hybridized carbons (Fsp3) is 0.364.